The number of esters is 1. The normalized spacial score (nSPS) is 11.1. The predicted octanol–water partition coefficient (Wildman–Crippen LogP) is 1.75. The number of hydrogen-bond donors (Lipinski definition) is 1. The zero-order valence-electron chi connectivity index (χ0n) is 9.86. The maximum absolute atomic E-state index is 11.3. The van der Waals surface area contributed by atoms with E-state index in [1.807, 2.05) is 36.4 Å². The molecule has 1 rings (SSSR count). The van der Waals surface area contributed by atoms with Gasteiger partial charge in [0.25, 0.3) is 0 Å². The molecule has 4 heteroatoms. The van der Waals surface area contributed by atoms with Gasteiger partial charge in [-0.2, -0.15) is 5.26 Å². The fraction of sp³-hybridized carbons (Fsp3) is 0.231. The molecule has 0 fully saturated rings. The second-order valence-electron chi connectivity index (χ2n) is 3.44. The maximum atomic E-state index is 11.3. The van der Waals surface area contributed by atoms with E-state index in [-0.39, 0.29) is 5.57 Å². The smallest absolute Gasteiger partial charge is 0.350 e. The number of benzene rings is 1. The van der Waals surface area contributed by atoms with E-state index in [0.717, 1.165) is 5.56 Å². The van der Waals surface area contributed by atoms with E-state index in [2.05, 4.69) is 10.1 Å². The van der Waals surface area contributed by atoms with Gasteiger partial charge in [-0.15, -0.1) is 0 Å². The molecule has 0 saturated heterocycles. The molecule has 17 heavy (non-hydrogen) atoms. The molecule has 0 spiro atoms. The van der Waals surface area contributed by atoms with Gasteiger partial charge in [0, 0.05) is 12.2 Å². The topological polar surface area (TPSA) is 62.1 Å². The number of methoxy groups -OCH3 is 1. The lowest BCUT2D eigenvalue weighted by Gasteiger charge is -2.08. The molecule has 1 aromatic carbocycles. The van der Waals surface area contributed by atoms with Crippen LogP contribution in [0.1, 0.15) is 12.5 Å². The lowest BCUT2D eigenvalue weighted by molar-refractivity contribution is -0.135. The van der Waals surface area contributed by atoms with Crippen LogP contribution in [-0.4, -0.2) is 13.1 Å². The molecule has 0 aromatic heterocycles. The molecule has 0 bridgehead atoms. The monoisotopic (exact) mass is 230 g/mol. The van der Waals surface area contributed by atoms with Crippen molar-refractivity contribution < 1.29 is 9.53 Å². The summed E-state index contributed by atoms with van der Waals surface area (Å²) >= 11 is 0. The summed E-state index contributed by atoms with van der Waals surface area (Å²) in [5, 5.41) is 11.9. The molecule has 0 unspecified atom stereocenters. The summed E-state index contributed by atoms with van der Waals surface area (Å²) < 4.78 is 4.52. The molecule has 0 aliphatic carbocycles. The van der Waals surface area contributed by atoms with Crippen LogP contribution >= 0.6 is 0 Å². The van der Waals surface area contributed by atoms with E-state index < -0.39 is 5.97 Å². The summed E-state index contributed by atoms with van der Waals surface area (Å²) in [6, 6.07) is 11.6. The van der Waals surface area contributed by atoms with Crippen LogP contribution in [0.25, 0.3) is 0 Å². The Morgan fingerprint density at radius 3 is 2.59 bits per heavy atom. The van der Waals surface area contributed by atoms with Crippen molar-refractivity contribution in [2.24, 2.45) is 0 Å². The molecule has 0 saturated carbocycles. The molecule has 0 aliphatic rings. The van der Waals surface area contributed by atoms with Gasteiger partial charge in [-0.25, -0.2) is 4.79 Å². The first-order valence-electron chi connectivity index (χ1n) is 5.16. The maximum Gasteiger partial charge on any atom is 0.350 e. The molecule has 4 nitrogen and oxygen atoms in total. The van der Waals surface area contributed by atoms with Crippen molar-refractivity contribution in [3.63, 3.8) is 0 Å². The quantitative estimate of drug-likeness (QED) is 0.486. The minimum absolute atomic E-state index is 0.00318. The van der Waals surface area contributed by atoms with Crippen molar-refractivity contribution in [1.82, 2.24) is 5.32 Å². The van der Waals surface area contributed by atoms with Gasteiger partial charge in [-0.1, -0.05) is 30.3 Å². The van der Waals surface area contributed by atoms with Crippen LogP contribution < -0.4 is 5.32 Å². The van der Waals surface area contributed by atoms with Crippen LogP contribution in [-0.2, 0) is 16.1 Å². The minimum Gasteiger partial charge on any atom is -0.465 e. The molecule has 0 atom stereocenters. The number of carbonyl (C=O) groups excluding carboxylic acids is 1. The average Bonchev–Trinajstić information content (AvgIpc) is 2.38. The summed E-state index contributed by atoms with van der Waals surface area (Å²) in [4.78, 5) is 11.3. The van der Waals surface area contributed by atoms with Crippen molar-refractivity contribution in [1.29, 1.82) is 5.26 Å². The fourth-order valence-electron chi connectivity index (χ4n) is 1.30. The van der Waals surface area contributed by atoms with Crippen LogP contribution in [0.4, 0.5) is 0 Å². The third-order valence-electron chi connectivity index (χ3n) is 2.28. The first-order valence-corrected chi connectivity index (χ1v) is 5.16. The van der Waals surface area contributed by atoms with Gasteiger partial charge in [0.2, 0.25) is 0 Å². The Balaban J connectivity index is 2.71. The number of allylic oxidation sites excluding steroid dienone is 1. The molecule has 0 amide bonds. The first-order chi connectivity index (χ1) is 8.19. The Morgan fingerprint density at radius 1 is 1.41 bits per heavy atom. The number of carbonyl (C=O) groups is 1. The summed E-state index contributed by atoms with van der Waals surface area (Å²) in [6.07, 6.45) is 0. The van der Waals surface area contributed by atoms with Crippen molar-refractivity contribution >= 4 is 5.97 Å². The Bertz CT molecular complexity index is 458. The number of nitrogens with one attached hydrogen (secondary N) is 1. The van der Waals surface area contributed by atoms with E-state index in [4.69, 9.17) is 5.26 Å². The SMILES string of the molecule is COC(=O)/C(C#N)=C(/C)NCc1ccccc1. The molecular weight excluding hydrogens is 216 g/mol. The first kappa shape index (κ1) is 12.8. The predicted molar refractivity (Wildman–Crippen MR) is 63.6 cm³/mol. The van der Waals surface area contributed by atoms with Gasteiger partial charge in [-0.3, -0.25) is 0 Å². The second-order valence-corrected chi connectivity index (χ2v) is 3.44. The zero-order chi connectivity index (χ0) is 12.7. The summed E-state index contributed by atoms with van der Waals surface area (Å²) in [5.41, 5.74) is 1.60. The molecular formula is C13H14N2O2. The van der Waals surface area contributed by atoms with Crippen molar-refractivity contribution in [2.75, 3.05) is 7.11 Å². The second kappa shape index (κ2) is 6.33. The zero-order valence-corrected chi connectivity index (χ0v) is 9.86. The lowest BCUT2D eigenvalue weighted by atomic mass is 10.2. The number of nitrogens with zero attached hydrogens (tertiary/aromatic N) is 1. The van der Waals surface area contributed by atoms with Crippen LogP contribution in [0.2, 0.25) is 0 Å². The highest BCUT2D eigenvalue weighted by Gasteiger charge is 2.12. The number of rotatable bonds is 4. The van der Waals surface area contributed by atoms with Gasteiger partial charge in [0.1, 0.15) is 6.07 Å². The Labute approximate surface area is 101 Å². The molecule has 0 radical (unpaired) electrons. The molecule has 1 N–H and O–H groups in total. The average molecular weight is 230 g/mol. The Morgan fingerprint density at radius 2 is 2.06 bits per heavy atom. The highest BCUT2D eigenvalue weighted by molar-refractivity contribution is 5.93. The fourth-order valence-corrected chi connectivity index (χ4v) is 1.30. The van der Waals surface area contributed by atoms with E-state index >= 15 is 0 Å². The van der Waals surface area contributed by atoms with Crippen LogP contribution in [0.15, 0.2) is 41.6 Å². The van der Waals surface area contributed by atoms with Gasteiger partial charge in [0.05, 0.1) is 7.11 Å². The van der Waals surface area contributed by atoms with E-state index in [9.17, 15) is 4.79 Å². The highest BCUT2D eigenvalue weighted by atomic mass is 16.5. The lowest BCUT2D eigenvalue weighted by Crippen LogP contribution is -2.16. The minimum atomic E-state index is -0.620. The van der Waals surface area contributed by atoms with Gasteiger partial charge in [-0.05, 0) is 12.5 Å². The number of hydrogen-bond acceptors (Lipinski definition) is 4. The molecule has 88 valence electrons. The third kappa shape index (κ3) is 3.65. The van der Waals surface area contributed by atoms with Gasteiger partial charge in [0.15, 0.2) is 5.57 Å². The summed E-state index contributed by atoms with van der Waals surface area (Å²) in [5.74, 6) is -0.620. The van der Waals surface area contributed by atoms with Crippen molar-refractivity contribution in [2.45, 2.75) is 13.5 Å². The van der Waals surface area contributed by atoms with Crippen molar-refractivity contribution in [3.8, 4) is 6.07 Å². The number of nitriles is 1. The van der Waals surface area contributed by atoms with Gasteiger partial charge < -0.3 is 10.1 Å². The van der Waals surface area contributed by atoms with Crippen LogP contribution in [0.5, 0.6) is 0 Å². The van der Waals surface area contributed by atoms with E-state index in [1.54, 1.807) is 6.92 Å². The molecule has 0 aliphatic heterocycles. The molecule has 0 heterocycles. The van der Waals surface area contributed by atoms with E-state index in [0.29, 0.717) is 12.2 Å². The van der Waals surface area contributed by atoms with Crippen molar-refractivity contribution in [3.05, 3.63) is 47.2 Å². The summed E-state index contributed by atoms with van der Waals surface area (Å²) in [6.45, 7) is 2.24. The largest absolute Gasteiger partial charge is 0.465 e. The van der Waals surface area contributed by atoms with Crippen LogP contribution in [0, 0.1) is 11.3 Å². The van der Waals surface area contributed by atoms with Crippen LogP contribution in [0.3, 0.4) is 0 Å². The molecule has 1 aromatic rings. The standard InChI is InChI=1S/C13H14N2O2/c1-10(12(8-14)13(16)17-2)15-9-11-6-4-3-5-7-11/h3-7,15H,9H2,1-2H3/b12-10-. The Hall–Kier alpha value is -2.28. The van der Waals surface area contributed by atoms with Gasteiger partial charge >= 0.3 is 5.97 Å². The Kier molecular flexibility index (Phi) is 4.77. The number of ether oxygens (including phenoxy) is 1. The third-order valence-corrected chi connectivity index (χ3v) is 2.28. The van der Waals surface area contributed by atoms with E-state index in [1.165, 1.54) is 7.11 Å². The summed E-state index contributed by atoms with van der Waals surface area (Å²) in [7, 11) is 1.25. The highest BCUT2D eigenvalue weighted by Crippen LogP contribution is 2.04.